The first-order valence-electron chi connectivity index (χ1n) is 0.494. The molecule has 0 unspecified atom stereocenters. The van der Waals surface area contributed by atoms with Gasteiger partial charge in [-0.1, -0.05) is 0 Å². The maximum Gasteiger partial charge on any atom is 1.00 e. The van der Waals surface area contributed by atoms with Crippen molar-refractivity contribution in [1.29, 1.82) is 0 Å². The van der Waals surface area contributed by atoms with Crippen LogP contribution in [0.2, 0.25) is 0 Å². The molecule has 0 aliphatic rings. The Kier molecular flexibility index (Phi) is 92.0. The quantitative estimate of drug-likeness (QED) is 0.242. The topological polar surface area (TPSA) is 68.8 Å². The van der Waals surface area contributed by atoms with Crippen molar-refractivity contribution in [3.05, 3.63) is 0 Å². The number of carboxylic acid groups (broad SMARTS) is 1. The smallest absolute Gasteiger partial charge is 1.00 e. The van der Waals surface area contributed by atoms with Crippen molar-refractivity contribution in [2.45, 2.75) is 0 Å². The summed E-state index contributed by atoms with van der Waals surface area (Å²) in [6.07, 6.45) is 0. The van der Waals surface area contributed by atoms with Crippen LogP contribution >= 0.6 is 0 Å². The molecule has 0 aliphatic carbocycles. The number of hydrogen-bond donors (Lipinski definition) is 1. The third-order valence-corrected chi connectivity index (χ3v) is 0. The number of rotatable bonds is 0. The molecular formula is CH5NaO3. The van der Waals surface area contributed by atoms with E-state index in [0.717, 1.165) is 0 Å². The minimum Gasteiger partial charge on any atom is -1.00 e. The van der Waals surface area contributed by atoms with Crippen molar-refractivity contribution in [1.82, 2.24) is 0 Å². The molecular weight excluding hydrogens is 83.0 g/mol. The fourth-order valence-corrected chi connectivity index (χ4v) is 0. The summed E-state index contributed by atoms with van der Waals surface area (Å²) in [5.74, 6) is 0. The molecule has 0 rings (SSSR count). The molecule has 0 aliphatic heterocycles. The Bertz CT molecular complexity index is 18.3. The van der Waals surface area contributed by atoms with Gasteiger partial charge in [0.2, 0.25) is 0 Å². The van der Waals surface area contributed by atoms with Crippen LogP contribution in [0.3, 0.4) is 0 Å². The standard InChI is InChI=1S/CH2O2.Na.H2O.H/c2-1-3;;;/h1H,(H,2,3);;1H2;/q;+1;;-1. The molecule has 3 N–H and O–H groups in total. The van der Waals surface area contributed by atoms with E-state index in [-0.39, 0.29) is 42.9 Å². The number of hydrogen-bond acceptors (Lipinski definition) is 1. The van der Waals surface area contributed by atoms with E-state index < -0.39 is 0 Å². The molecule has 0 aromatic heterocycles. The SMILES string of the molecule is O.O=CO.[H-].[Na+]. The second-order valence-corrected chi connectivity index (χ2v) is 0.105. The molecule has 0 aromatic carbocycles. The zero-order valence-electron chi connectivity index (χ0n) is 3.93. The van der Waals surface area contributed by atoms with E-state index in [1.807, 2.05) is 0 Å². The van der Waals surface area contributed by atoms with E-state index in [4.69, 9.17) is 9.90 Å². The largest absolute Gasteiger partial charge is 1.00 e. The van der Waals surface area contributed by atoms with Gasteiger partial charge in [-0.05, 0) is 0 Å². The van der Waals surface area contributed by atoms with E-state index in [0.29, 0.717) is 0 Å². The van der Waals surface area contributed by atoms with E-state index in [1.165, 1.54) is 0 Å². The van der Waals surface area contributed by atoms with Gasteiger partial charge in [-0.3, -0.25) is 4.79 Å². The Balaban J connectivity index is -0.00000000667. The monoisotopic (exact) mass is 88.0 g/mol. The molecule has 28 valence electrons. The van der Waals surface area contributed by atoms with Gasteiger partial charge in [0, 0.05) is 0 Å². The van der Waals surface area contributed by atoms with Gasteiger partial charge in [-0.2, -0.15) is 0 Å². The maximum absolute atomic E-state index is 8.36. The zero-order chi connectivity index (χ0) is 2.71. The second kappa shape index (κ2) is 25.5. The van der Waals surface area contributed by atoms with E-state index in [1.54, 1.807) is 0 Å². The van der Waals surface area contributed by atoms with Crippen LogP contribution in [0.1, 0.15) is 1.43 Å². The Morgan fingerprint density at radius 2 is 1.80 bits per heavy atom. The van der Waals surface area contributed by atoms with Crippen LogP contribution < -0.4 is 29.6 Å². The fraction of sp³-hybridized carbons (Fsp3) is 0. The van der Waals surface area contributed by atoms with E-state index in [2.05, 4.69) is 0 Å². The van der Waals surface area contributed by atoms with Gasteiger partial charge in [0.1, 0.15) is 0 Å². The Morgan fingerprint density at radius 1 is 1.80 bits per heavy atom. The third-order valence-electron chi connectivity index (χ3n) is 0. The van der Waals surface area contributed by atoms with Crippen molar-refractivity contribution < 1.29 is 46.4 Å². The summed E-state index contributed by atoms with van der Waals surface area (Å²) in [5, 5.41) is 6.89. The molecule has 4 heteroatoms. The Labute approximate surface area is 53.1 Å². The minimum absolute atomic E-state index is 0. The third kappa shape index (κ3) is 141. The second-order valence-electron chi connectivity index (χ2n) is 0.105. The zero-order valence-corrected chi connectivity index (χ0v) is 4.93. The Morgan fingerprint density at radius 3 is 1.80 bits per heavy atom. The van der Waals surface area contributed by atoms with Crippen LogP contribution in [0.4, 0.5) is 0 Å². The van der Waals surface area contributed by atoms with Crippen LogP contribution in [-0.4, -0.2) is 17.1 Å². The summed E-state index contributed by atoms with van der Waals surface area (Å²) in [4.78, 5) is 8.36. The van der Waals surface area contributed by atoms with Crippen molar-refractivity contribution in [3.8, 4) is 0 Å². The summed E-state index contributed by atoms with van der Waals surface area (Å²) in [6, 6.07) is 0. The molecule has 3 nitrogen and oxygen atoms in total. The normalized spacial score (nSPS) is 2.40. The molecule has 0 radical (unpaired) electrons. The summed E-state index contributed by atoms with van der Waals surface area (Å²) in [6.45, 7) is -0.250. The van der Waals surface area contributed by atoms with Gasteiger partial charge in [-0.25, -0.2) is 0 Å². The van der Waals surface area contributed by atoms with Gasteiger partial charge in [0.25, 0.3) is 6.47 Å². The van der Waals surface area contributed by atoms with Crippen LogP contribution in [-0.2, 0) is 4.79 Å². The molecule has 0 spiro atoms. The molecule has 0 saturated heterocycles. The fourth-order valence-electron chi connectivity index (χ4n) is 0. The first-order chi connectivity index (χ1) is 1.41. The van der Waals surface area contributed by atoms with Crippen molar-refractivity contribution in [2.75, 3.05) is 0 Å². The molecule has 0 saturated carbocycles. The number of carbonyl (C=O) groups is 1. The van der Waals surface area contributed by atoms with Crippen molar-refractivity contribution in [3.63, 3.8) is 0 Å². The van der Waals surface area contributed by atoms with Crippen molar-refractivity contribution in [2.24, 2.45) is 0 Å². The van der Waals surface area contributed by atoms with Crippen LogP contribution in [0, 0.1) is 0 Å². The summed E-state index contributed by atoms with van der Waals surface area (Å²) in [5.41, 5.74) is 0. The molecule has 0 atom stereocenters. The van der Waals surface area contributed by atoms with Gasteiger partial charge < -0.3 is 12.0 Å². The molecule has 0 fully saturated rings. The maximum atomic E-state index is 8.36. The van der Waals surface area contributed by atoms with Gasteiger partial charge in [-0.15, -0.1) is 0 Å². The summed E-state index contributed by atoms with van der Waals surface area (Å²) >= 11 is 0. The van der Waals surface area contributed by atoms with Crippen LogP contribution in [0.5, 0.6) is 0 Å². The first-order valence-corrected chi connectivity index (χ1v) is 0.494. The molecule has 0 heterocycles. The van der Waals surface area contributed by atoms with Crippen LogP contribution in [0.25, 0.3) is 0 Å². The van der Waals surface area contributed by atoms with E-state index in [9.17, 15) is 0 Å². The van der Waals surface area contributed by atoms with E-state index >= 15 is 0 Å². The molecule has 5 heavy (non-hydrogen) atoms. The predicted molar refractivity (Wildman–Crippen MR) is 13.4 cm³/mol. The predicted octanol–water partition coefficient (Wildman–Crippen LogP) is -4.01. The summed E-state index contributed by atoms with van der Waals surface area (Å²) in [7, 11) is 0. The molecule has 0 bridgehead atoms. The van der Waals surface area contributed by atoms with Gasteiger partial charge in [0.05, 0.1) is 0 Å². The molecule has 0 aromatic rings. The van der Waals surface area contributed by atoms with Gasteiger partial charge >= 0.3 is 29.6 Å². The molecule has 0 amide bonds. The van der Waals surface area contributed by atoms with Crippen LogP contribution in [0.15, 0.2) is 0 Å². The van der Waals surface area contributed by atoms with Gasteiger partial charge in [0.15, 0.2) is 0 Å². The average molecular weight is 88.0 g/mol. The minimum atomic E-state index is -0.250. The Hall–Kier alpha value is 0.430. The first kappa shape index (κ1) is 18.0. The summed E-state index contributed by atoms with van der Waals surface area (Å²) < 4.78 is 0. The average Bonchev–Trinajstić information content (AvgIpc) is 0.918. The van der Waals surface area contributed by atoms with Crippen molar-refractivity contribution >= 4 is 6.47 Å².